The van der Waals surface area contributed by atoms with Gasteiger partial charge >= 0.3 is 0 Å². The molecule has 0 aliphatic carbocycles. The third kappa shape index (κ3) is 4.11. The van der Waals surface area contributed by atoms with Crippen molar-refractivity contribution in [2.24, 2.45) is 0 Å². The summed E-state index contributed by atoms with van der Waals surface area (Å²) in [5.74, 6) is -2.25. The highest BCUT2D eigenvalue weighted by molar-refractivity contribution is 9.10. The number of benzene rings is 2. The molecule has 0 amide bonds. The maximum absolute atomic E-state index is 13.5. The molecule has 0 radical (unpaired) electrons. The van der Waals surface area contributed by atoms with Crippen LogP contribution >= 0.6 is 27.5 Å². The van der Waals surface area contributed by atoms with E-state index in [2.05, 4.69) is 15.9 Å². The van der Waals surface area contributed by atoms with Crippen LogP contribution in [0, 0.1) is 6.92 Å². The van der Waals surface area contributed by atoms with E-state index < -0.39 is 17.3 Å². The lowest BCUT2D eigenvalue weighted by Gasteiger charge is -2.18. The van der Waals surface area contributed by atoms with Crippen molar-refractivity contribution < 1.29 is 29.6 Å². The van der Waals surface area contributed by atoms with E-state index in [4.69, 9.17) is 16.3 Å². The summed E-state index contributed by atoms with van der Waals surface area (Å²) < 4.78 is 5.44. The van der Waals surface area contributed by atoms with Crippen LogP contribution in [0.2, 0.25) is 5.02 Å². The summed E-state index contributed by atoms with van der Waals surface area (Å²) in [6.07, 6.45) is 2.20. The second-order valence-corrected chi connectivity index (χ2v) is 7.80. The largest absolute Gasteiger partial charge is 0.507 e. The Hall–Kier alpha value is -2.51. The van der Waals surface area contributed by atoms with Crippen LogP contribution in [0.5, 0.6) is 23.0 Å². The van der Waals surface area contributed by atoms with Gasteiger partial charge in [-0.1, -0.05) is 23.3 Å². The first-order valence-corrected chi connectivity index (χ1v) is 9.69. The summed E-state index contributed by atoms with van der Waals surface area (Å²) in [4.78, 5) is 25.2. The third-order valence-electron chi connectivity index (χ3n) is 4.45. The molecule has 0 heterocycles. The monoisotopic (exact) mass is 482 g/mol. The van der Waals surface area contributed by atoms with Crippen LogP contribution in [-0.2, 0) is 6.42 Å². The summed E-state index contributed by atoms with van der Waals surface area (Å²) in [5.41, 5.74) is 0.670. The lowest BCUT2D eigenvalue weighted by Crippen LogP contribution is -2.12. The van der Waals surface area contributed by atoms with E-state index >= 15 is 0 Å². The van der Waals surface area contributed by atoms with Crippen LogP contribution in [0.3, 0.4) is 0 Å². The van der Waals surface area contributed by atoms with Gasteiger partial charge in [0.2, 0.25) is 5.78 Å². The van der Waals surface area contributed by atoms with E-state index in [1.54, 1.807) is 13.0 Å². The molecule has 0 atom stereocenters. The number of carbonyl (C=O) groups is 2. The molecule has 3 N–H and O–H groups in total. The first kappa shape index (κ1) is 22.8. The van der Waals surface area contributed by atoms with E-state index in [1.807, 2.05) is 13.8 Å². The number of phenols is 3. The molecule has 0 aliphatic heterocycles. The van der Waals surface area contributed by atoms with E-state index in [9.17, 15) is 24.9 Å². The number of halogens is 2. The van der Waals surface area contributed by atoms with Crippen LogP contribution in [0.1, 0.15) is 51.3 Å². The number of hydrogen-bond acceptors (Lipinski definition) is 6. The number of aromatic hydroxyl groups is 3. The Morgan fingerprint density at radius 1 is 1.21 bits per heavy atom. The van der Waals surface area contributed by atoms with E-state index in [1.165, 1.54) is 7.11 Å². The Morgan fingerprint density at radius 3 is 2.34 bits per heavy atom. The van der Waals surface area contributed by atoms with E-state index in [0.29, 0.717) is 11.8 Å². The fourth-order valence-corrected chi connectivity index (χ4v) is 3.68. The van der Waals surface area contributed by atoms with Gasteiger partial charge in [0.15, 0.2) is 12.0 Å². The van der Waals surface area contributed by atoms with Crippen molar-refractivity contribution in [1.82, 2.24) is 0 Å². The normalized spacial score (nSPS) is 10.6. The van der Waals surface area contributed by atoms with Gasteiger partial charge in [-0.3, -0.25) is 9.59 Å². The van der Waals surface area contributed by atoms with E-state index in [0.717, 1.165) is 11.6 Å². The van der Waals surface area contributed by atoms with Crippen molar-refractivity contribution in [3.05, 3.63) is 55.0 Å². The third-order valence-corrected chi connectivity index (χ3v) is 5.88. The number of ether oxygens (including phenoxy) is 1. The van der Waals surface area contributed by atoms with Gasteiger partial charge in [-0.05, 0) is 48.7 Å². The minimum absolute atomic E-state index is 0.0808. The number of aldehydes is 1. The lowest BCUT2D eigenvalue weighted by molar-refractivity contribution is 0.102. The lowest BCUT2D eigenvalue weighted by atomic mass is 9.89. The van der Waals surface area contributed by atoms with Gasteiger partial charge in [0.1, 0.15) is 22.8 Å². The molecule has 2 aromatic carbocycles. The first-order chi connectivity index (χ1) is 13.6. The van der Waals surface area contributed by atoms with Crippen molar-refractivity contribution >= 4 is 39.6 Å². The molecule has 0 fully saturated rings. The topological polar surface area (TPSA) is 104 Å². The minimum atomic E-state index is -0.826. The second-order valence-electron chi connectivity index (χ2n) is 6.62. The van der Waals surface area contributed by atoms with Gasteiger partial charge in [-0.15, -0.1) is 0 Å². The van der Waals surface area contributed by atoms with Gasteiger partial charge in [-0.2, -0.15) is 0 Å². The number of rotatable bonds is 6. The van der Waals surface area contributed by atoms with Crippen molar-refractivity contribution in [2.45, 2.75) is 27.2 Å². The molecule has 8 heteroatoms. The summed E-state index contributed by atoms with van der Waals surface area (Å²) in [5, 5.41) is 31.2. The zero-order valence-electron chi connectivity index (χ0n) is 16.3. The summed E-state index contributed by atoms with van der Waals surface area (Å²) in [6.45, 7) is 5.30. The van der Waals surface area contributed by atoms with Crippen molar-refractivity contribution in [3.8, 4) is 23.0 Å². The van der Waals surface area contributed by atoms with Gasteiger partial charge in [0, 0.05) is 17.2 Å². The zero-order valence-corrected chi connectivity index (χ0v) is 18.6. The molecule has 0 saturated heterocycles. The van der Waals surface area contributed by atoms with Crippen molar-refractivity contribution in [2.75, 3.05) is 7.11 Å². The second kappa shape index (κ2) is 8.88. The molecule has 29 heavy (non-hydrogen) atoms. The maximum atomic E-state index is 13.5. The molecule has 0 spiro atoms. The van der Waals surface area contributed by atoms with Crippen LogP contribution < -0.4 is 4.74 Å². The molecule has 0 aromatic heterocycles. The van der Waals surface area contributed by atoms with Crippen LogP contribution in [-0.4, -0.2) is 34.5 Å². The Bertz CT molecular complexity index is 1040. The average molecular weight is 484 g/mol. The molecule has 2 rings (SSSR count). The number of methoxy groups -OCH3 is 1. The molecule has 0 bridgehead atoms. The van der Waals surface area contributed by atoms with Gasteiger partial charge in [0.05, 0.1) is 22.2 Å². The molecule has 154 valence electrons. The summed E-state index contributed by atoms with van der Waals surface area (Å²) in [7, 11) is 1.29. The average Bonchev–Trinajstić information content (AvgIpc) is 2.66. The van der Waals surface area contributed by atoms with Crippen molar-refractivity contribution in [1.29, 1.82) is 0 Å². The van der Waals surface area contributed by atoms with Crippen LogP contribution in [0.25, 0.3) is 0 Å². The molecule has 0 aliphatic rings. The highest BCUT2D eigenvalue weighted by atomic mass is 79.9. The molecular weight excluding hydrogens is 464 g/mol. The van der Waals surface area contributed by atoms with Gasteiger partial charge in [0.25, 0.3) is 0 Å². The fraction of sp³-hybridized carbons (Fsp3) is 0.238. The standard InChI is InChI=1S/C21H20BrClO6/c1-9(2)5-6-11-13(25)7-14(26)12(8-24)15(11)19(27)16-20(28)17(22)10(3)18(23)21(16)29-4/h5,7-8,25-26,28H,6H2,1-4H3. The van der Waals surface area contributed by atoms with Gasteiger partial charge in [-0.25, -0.2) is 0 Å². The number of carbonyl (C=O) groups excluding carboxylic acids is 2. The predicted molar refractivity (Wildman–Crippen MR) is 114 cm³/mol. The van der Waals surface area contributed by atoms with Crippen LogP contribution in [0.4, 0.5) is 0 Å². The number of ketones is 1. The number of allylic oxidation sites excluding steroid dienone is 2. The predicted octanol–water partition coefficient (Wildman–Crippen LogP) is 5.09. The SMILES string of the molecule is COc1c(Cl)c(C)c(Br)c(O)c1C(=O)c1c(C=O)c(O)cc(O)c1CC=C(C)C. The van der Waals surface area contributed by atoms with E-state index in [-0.39, 0.29) is 49.7 Å². The van der Waals surface area contributed by atoms with Crippen molar-refractivity contribution in [3.63, 3.8) is 0 Å². The Morgan fingerprint density at radius 2 is 1.83 bits per heavy atom. The fourth-order valence-electron chi connectivity index (χ4n) is 2.90. The molecule has 2 aromatic rings. The minimum Gasteiger partial charge on any atom is -0.507 e. The molecular formula is C21H20BrClO6. The molecule has 0 saturated carbocycles. The number of phenolic OH excluding ortho intramolecular Hbond substituents is 3. The highest BCUT2D eigenvalue weighted by Gasteiger charge is 2.31. The van der Waals surface area contributed by atoms with Crippen LogP contribution in [0.15, 0.2) is 22.2 Å². The molecule has 0 unspecified atom stereocenters. The smallest absolute Gasteiger partial charge is 0.201 e. The molecule has 6 nitrogen and oxygen atoms in total. The first-order valence-electron chi connectivity index (χ1n) is 8.52. The number of hydrogen-bond donors (Lipinski definition) is 3. The summed E-state index contributed by atoms with van der Waals surface area (Å²) >= 11 is 9.49. The Balaban J connectivity index is 2.93. The Labute approximate surface area is 181 Å². The maximum Gasteiger partial charge on any atom is 0.201 e. The highest BCUT2D eigenvalue weighted by Crippen LogP contribution is 2.46. The quantitative estimate of drug-likeness (QED) is 0.300. The summed E-state index contributed by atoms with van der Waals surface area (Å²) in [6, 6.07) is 1.00. The Kier molecular flexibility index (Phi) is 6.97. The zero-order chi connectivity index (χ0) is 22.0. The van der Waals surface area contributed by atoms with Gasteiger partial charge < -0.3 is 20.1 Å².